The fraction of sp³-hybridized carbons (Fsp3) is 0.143. The van der Waals surface area contributed by atoms with Gasteiger partial charge in [0.05, 0.1) is 16.4 Å². The standard InChI is InChI=1S/C14H13BrClN3O2/c1-19-6-2-3-11(19)8-17-18-14(20)9-21-13-5-4-10(16)7-12(13)15/h2-8H,9H2,1H3,(H,18,20)/b17-8+. The van der Waals surface area contributed by atoms with E-state index >= 15 is 0 Å². The number of hydrogen-bond donors (Lipinski definition) is 1. The fourth-order valence-electron chi connectivity index (χ4n) is 1.55. The van der Waals surface area contributed by atoms with Gasteiger partial charge in [0.15, 0.2) is 6.61 Å². The van der Waals surface area contributed by atoms with Crippen molar-refractivity contribution < 1.29 is 9.53 Å². The third-order valence-electron chi connectivity index (χ3n) is 2.62. The number of halogens is 2. The number of carbonyl (C=O) groups excluding carboxylic acids is 1. The van der Waals surface area contributed by atoms with Crippen LogP contribution in [0.15, 0.2) is 46.1 Å². The Kier molecular flexibility index (Phi) is 5.41. The number of aryl methyl sites for hydroxylation is 1. The SMILES string of the molecule is Cn1cccc1/C=N/NC(=O)COc1ccc(Cl)cc1Br. The molecule has 0 spiro atoms. The largest absolute Gasteiger partial charge is 0.483 e. The van der Waals surface area contributed by atoms with Crippen LogP contribution in [0.2, 0.25) is 5.02 Å². The molecule has 0 atom stereocenters. The van der Waals surface area contributed by atoms with E-state index in [0.29, 0.717) is 15.2 Å². The molecule has 1 aromatic heterocycles. The molecule has 1 amide bonds. The second-order valence-corrected chi connectivity index (χ2v) is 5.49. The minimum absolute atomic E-state index is 0.134. The predicted octanol–water partition coefficient (Wildman–Crippen LogP) is 2.97. The molecular weight excluding hydrogens is 358 g/mol. The monoisotopic (exact) mass is 369 g/mol. The Bertz CT molecular complexity index is 670. The molecule has 21 heavy (non-hydrogen) atoms. The van der Waals surface area contributed by atoms with Crippen molar-refractivity contribution in [3.05, 3.63) is 51.7 Å². The molecule has 110 valence electrons. The Balaban J connectivity index is 1.82. The summed E-state index contributed by atoms with van der Waals surface area (Å²) in [5, 5.41) is 4.45. The van der Waals surface area contributed by atoms with Gasteiger partial charge in [-0.3, -0.25) is 4.79 Å². The summed E-state index contributed by atoms with van der Waals surface area (Å²) in [6, 6.07) is 8.85. The number of ether oxygens (including phenoxy) is 1. The molecule has 0 saturated carbocycles. The summed E-state index contributed by atoms with van der Waals surface area (Å²) >= 11 is 9.13. The molecule has 1 N–H and O–H groups in total. The first-order valence-corrected chi connectivity index (χ1v) is 7.24. The van der Waals surface area contributed by atoms with E-state index in [0.717, 1.165) is 5.69 Å². The number of hydrogen-bond acceptors (Lipinski definition) is 3. The number of nitrogens with one attached hydrogen (secondary N) is 1. The predicted molar refractivity (Wildman–Crippen MR) is 85.8 cm³/mol. The maximum Gasteiger partial charge on any atom is 0.277 e. The summed E-state index contributed by atoms with van der Waals surface area (Å²) < 4.78 is 7.94. The van der Waals surface area contributed by atoms with Crippen LogP contribution in [0.1, 0.15) is 5.69 Å². The van der Waals surface area contributed by atoms with Gasteiger partial charge < -0.3 is 9.30 Å². The Morgan fingerprint density at radius 2 is 2.33 bits per heavy atom. The highest BCUT2D eigenvalue weighted by molar-refractivity contribution is 9.10. The van der Waals surface area contributed by atoms with Gasteiger partial charge in [-0.1, -0.05) is 11.6 Å². The van der Waals surface area contributed by atoms with Crippen molar-refractivity contribution >= 4 is 39.7 Å². The molecule has 2 rings (SSSR count). The Hall–Kier alpha value is -1.79. The third kappa shape index (κ3) is 4.61. The summed E-state index contributed by atoms with van der Waals surface area (Å²) in [7, 11) is 1.89. The zero-order valence-corrected chi connectivity index (χ0v) is 13.6. The lowest BCUT2D eigenvalue weighted by Gasteiger charge is -2.07. The second-order valence-electron chi connectivity index (χ2n) is 4.20. The average Bonchev–Trinajstić information content (AvgIpc) is 2.83. The van der Waals surface area contributed by atoms with Crippen LogP contribution in [-0.4, -0.2) is 23.3 Å². The molecule has 0 aliphatic rings. The zero-order chi connectivity index (χ0) is 15.2. The summed E-state index contributed by atoms with van der Waals surface area (Å²) in [5.41, 5.74) is 3.29. The van der Waals surface area contributed by atoms with Crippen LogP contribution in [0.25, 0.3) is 0 Å². The highest BCUT2D eigenvalue weighted by Gasteiger charge is 2.05. The second kappa shape index (κ2) is 7.28. The van der Waals surface area contributed by atoms with Crippen molar-refractivity contribution in [2.24, 2.45) is 12.1 Å². The van der Waals surface area contributed by atoms with Gasteiger partial charge in [-0.05, 0) is 46.3 Å². The van der Waals surface area contributed by atoms with Gasteiger partial charge in [0.25, 0.3) is 5.91 Å². The topological polar surface area (TPSA) is 55.6 Å². The molecule has 0 radical (unpaired) electrons. The van der Waals surface area contributed by atoms with Gasteiger partial charge in [-0.2, -0.15) is 5.10 Å². The van der Waals surface area contributed by atoms with Crippen LogP contribution in [0.4, 0.5) is 0 Å². The molecule has 0 fully saturated rings. The van der Waals surface area contributed by atoms with Crippen molar-refractivity contribution in [3.8, 4) is 5.75 Å². The fourth-order valence-corrected chi connectivity index (χ4v) is 2.34. The van der Waals surface area contributed by atoms with E-state index in [1.54, 1.807) is 24.4 Å². The number of benzene rings is 1. The first kappa shape index (κ1) is 15.6. The maximum absolute atomic E-state index is 11.6. The van der Waals surface area contributed by atoms with Crippen LogP contribution in [0.5, 0.6) is 5.75 Å². The van der Waals surface area contributed by atoms with Crippen LogP contribution in [0, 0.1) is 0 Å². The molecular formula is C14H13BrClN3O2. The third-order valence-corrected chi connectivity index (χ3v) is 3.48. The van der Waals surface area contributed by atoms with E-state index in [4.69, 9.17) is 16.3 Å². The van der Waals surface area contributed by atoms with Gasteiger partial charge in [0.2, 0.25) is 0 Å². The minimum atomic E-state index is -0.345. The van der Waals surface area contributed by atoms with E-state index in [9.17, 15) is 4.79 Å². The van der Waals surface area contributed by atoms with Gasteiger partial charge in [-0.15, -0.1) is 0 Å². The van der Waals surface area contributed by atoms with E-state index in [-0.39, 0.29) is 12.5 Å². The molecule has 1 heterocycles. The van der Waals surface area contributed by atoms with E-state index < -0.39 is 0 Å². The quantitative estimate of drug-likeness (QED) is 0.650. The Morgan fingerprint density at radius 3 is 3.00 bits per heavy atom. The molecule has 0 unspecified atom stereocenters. The van der Waals surface area contributed by atoms with E-state index in [1.165, 1.54) is 0 Å². The van der Waals surface area contributed by atoms with Crippen LogP contribution in [-0.2, 0) is 11.8 Å². The van der Waals surface area contributed by atoms with Crippen molar-refractivity contribution in [2.75, 3.05) is 6.61 Å². The molecule has 0 bridgehead atoms. The highest BCUT2D eigenvalue weighted by Crippen LogP contribution is 2.27. The van der Waals surface area contributed by atoms with Crippen LogP contribution < -0.4 is 10.2 Å². The van der Waals surface area contributed by atoms with Crippen molar-refractivity contribution in [3.63, 3.8) is 0 Å². The summed E-state index contributed by atoms with van der Waals surface area (Å²) in [5.74, 6) is 0.197. The maximum atomic E-state index is 11.6. The van der Waals surface area contributed by atoms with Crippen LogP contribution >= 0.6 is 27.5 Å². The molecule has 7 heteroatoms. The van der Waals surface area contributed by atoms with E-state index in [2.05, 4.69) is 26.5 Å². The summed E-state index contributed by atoms with van der Waals surface area (Å²) in [6.45, 7) is -0.134. The van der Waals surface area contributed by atoms with Gasteiger partial charge >= 0.3 is 0 Å². The molecule has 1 aromatic carbocycles. The van der Waals surface area contributed by atoms with Gasteiger partial charge in [0.1, 0.15) is 5.75 Å². The summed E-state index contributed by atoms with van der Waals surface area (Å²) in [4.78, 5) is 11.6. The first-order valence-electron chi connectivity index (χ1n) is 6.07. The number of carbonyl (C=O) groups is 1. The van der Waals surface area contributed by atoms with Crippen molar-refractivity contribution in [1.29, 1.82) is 0 Å². The zero-order valence-electron chi connectivity index (χ0n) is 11.2. The highest BCUT2D eigenvalue weighted by atomic mass is 79.9. The lowest BCUT2D eigenvalue weighted by Crippen LogP contribution is -2.24. The number of hydrazone groups is 1. The minimum Gasteiger partial charge on any atom is -0.483 e. The molecule has 0 aliphatic heterocycles. The summed E-state index contributed by atoms with van der Waals surface area (Å²) in [6.07, 6.45) is 3.46. The smallest absolute Gasteiger partial charge is 0.277 e. The number of nitrogens with zero attached hydrogens (tertiary/aromatic N) is 2. The molecule has 2 aromatic rings. The first-order chi connectivity index (χ1) is 10.1. The molecule has 0 saturated heterocycles. The van der Waals surface area contributed by atoms with Crippen molar-refractivity contribution in [2.45, 2.75) is 0 Å². The average molecular weight is 371 g/mol. The van der Waals surface area contributed by atoms with E-state index in [1.807, 2.05) is 29.9 Å². The molecule has 5 nitrogen and oxygen atoms in total. The lowest BCUT2D eigenvalue weighted by atomic mass is 10.3. The normalized spacial score (nSPS) is 10.8. The Morgan fingerprint density at radius 1 is 1.52 bits per heavy atom. The Labute approximate surface area is 135 Å². The lowest BCUT2D eigenvalue weighted by molar-refractivity contribution is -0.123. The van der Waals surface area contributed by atoms with Gasteiger partial charge in [0, 0.05) is 18.3 Å². The number of aromatic nitrogens is 1. The van der Waals surface area contributed by atoms with Crippen molar-refractivity contribution in [1.82, 2.24) is 9.99 Å². The van der Waals surface area contributed by atoms with Crippen LogP contribution in [0.3, 0.4) is 0 Å². The molecule has 0 aliphatic carbocycles. The van der Waals surface area contributed by atoms with Gasteiger partial charge in [-0.25, -0.2) is 5.43 Å². The number of rotatable bonds is 5. The number of amides is 1.